The van der Waals surface area contributed by atoms with Gasteiger partial charge in [0.25, 0.3) is 0 Å². The number of rotatable bonds is 7. The number of hydrazone groups is 1. The molecule has 3 rings (SSSR count). The predicted octanol–water partition coefficient (Wildman–Crippen LogP) is 7.81. The molecule has 0 unspecified atom stereocenters. The van der Waals surface area contributed by atoms with E-state index in [4.69, 9.17) is 5.10 Å². The molecule has 0 atom stereocenters. The first-order valence-electron chi connectivity index (χ1n) is 10.7. The molecule has 2 aromatic rings. The van der Waals surface area contributed by atoms with Gasteiger partial charge in [-0.25, -0.2) is 0 Å². The van der Waals surface area contributed by atoms with E-state index in [-0.39, 0.29) is 0 Å². The highest BCUT2D eigenvalue weighted by Gasteiger charge is 2.16. The third-order valence-corrected chi connectivity index (χ3v) is 5.68. The van der Waals surface area contributed by atoms with E-state index in [1.54, 1.807) is 0 Å². The molecule has 0 bridgehead atoms. The van der Waals surface area contributed by atoms with Crippen LogP contribution in [0, 0.1) is 0 Å². The fourth-order valence-corrected chi connectivity index (χ4v) is 4.04. The van der Waals surface area contributed by atoms with E-state index in [1.807, 2.05) is 0 Å². The van der Waals surface area contributed by atoms with Crippen LogP contribution < -0.4 is 5.43 Å². The molecule has 2 aromatic carbocycles. The summed E-state index contributed by atoms with van der Waals surface area (Å²) in [4.78, 5) is 0. The van der Waals surface area contributed by atoms with Crippen molar-refractivity contribution in [3.8, 4) is 0 Å². The molecule has 0 spiro atoms. The zero-order valence-corrected chi connectivity index (χ0v) is 18.7. The van der Waals surface area contributed by atoms with Gasteiger partial charge in [-0.3, -0.25) is 5.43 Å². The van der Waals surface area contributed by atoms with Crippen molar-refractivity contribution in [2.45, 2.75) is 66.2 Å². The van der Waals surface area contributed by atoms with Crippen LogP contribution in [0.4, 0.5) is 5.69 Å². The smallest absolute Gasteiger partial charge is 0.0720 e. The maximum atomic E-state index is 4.98. The van der Waals surface area contributed by atoms with Gasteiger partial charge in [-0.2, -0.15) is 5.10 Å². The van der Waals surface area contributed by atoms with Gasteiger partial charge in [0.05, 0.1) is 11.4 Å². The van der Waals surface area contributed by atoms with E-state index in [0.29, 0.717) is 11.8 Å². The zero-order chi connectivity index (χ0) is 21.0. The van der Waals surface area contributed by atoms with Gasteiger partial charge in [0, 0.05) is 6.42 Å². The fourth-order valence-electron chi connectivity index (χ4n) is 4.04. The van der Waals surface area contributed by atoms with Gasteiger partial charge < -0.3 is 0 Å². The Balaban J connectivity index is 1.99. The maximum absolute atomic E-state index is 4.98. The third-order valence-electron chi connectivity index (χ3n) is 5.68. The van der Waals surface area contributed by atoms with Gasteiger partial charge in [0.1, 0.15) is 0 Å². The minimum Gasteiger partial charge on any atom is -0.278 e. The average Bonchev–Trinajstić information content (AvgIpc) is 3.02. The molecule has 0 aromatic heterocycles. The number of allylic oxidation sites excluding steroid dienone is 4. The lowest BCUT2D eigenvalue weighted by atomic mass is 9.93. The van der Waals surface area contributed by atoms with Crippen molar-refractivity contribution in [3.05, 3.63) is 88.0 Å². The molecule has 0 radical (unpaired) electrons. The number of para-hydroxylation sites is 1. The Hall–Kier alpha value is -2.61. The van der Waals surface area contributed by atoms with Crippen molar-refractivity contribution in [1.82, 2.24) is 0 Å². The highest BCUT2D eigenvalue weighted by Crippen LogP contribution is 2.33. The van der Waals surface area contributed by atoms with Gasteiger partial charge in [-0.05, 0) is 48.8 Å². The molecule has 1 N–H and O–H groups in total. The van der Waals surface area contributed by atoms with E-state index in [0.717, 1.165) is 24.2 Å². The lowest BCUT2D eigenvalue weighted by Gasteiger charge is -2.19. The summed E-state index contributed by atoms with van der Waals surface area (Å²) >= 11 is 0. The van der Waals surface area contributed by atoms with Crippen LogP contribution in [0.15, 0.2) is 76.4 Å². The zero-order valence-electron chi connectivity index (χ0n) is 18.7. The van der Waals surface area contributed by atoms with E-state index in [9.17, 15) is 0 Å². The van der Waals surface area contributed by atoms with Crippen molar-refractivity contribution < 1.29 is 0 Å². The quantitative estimate of drug-likeness (QED) is 0.381. The molecule has 29 heavy (non-hydrogen) atoms. The summed E-state index contributed by atoms with van der Waals surface area (Å²) in [6.45, 7) is 13.4. The Morgan fingerprint density at radius 2 is 1.52 bits per heavy atom. The van der Waals surface area contributed by atoms with Crippen LogP contribution >= 0.6 is 0 Å². The van der Waals surface area contributed by atoms with Gasteiger partial charge in [0.2, 0.25) is 0 Å². The largest absolute Gasteiger partial charge is 0.278 e. The molecule has 0 saturated heterocycles. The molecule has 2 heteroatoms. The first kappa shape index (κ1) is 21.1. The van der Waals surface area contributed by atoms with Crippen LogP contribution in [-0.2, 0) is 0 Å². The summed E-state index contributed by atoms with van der Waals surface area (Å²) in [5.74, 6) is 0.886. The Bertz CT molecular complexity index is 918. The minimum absolute atomic E-state index is 0.443. The number of hydrogen-bond donors (Lipinski definition) is 1. The van der Waals surface area contributed by atoms with E-state index < -0.39 is 0 Å². The van der Waals surface area contributed by atoms with Crippen molar-refractivity contribution in [3.63, 3.8) is 0 Å². The summed E-state index contributed by atoms with van der Waals surface area (Å²) in [7, 11) is 0. The number of anilines is 1. The SMILES string of the molecule is CC1=CC(C)=C(CC(=NNc2c(C(C)C)cccc2C(C)C)c2ccccc2)C1. The molecule has 0 fully saturated rings. The molecule has 1 aliphatic carbocycles. The third kappa shape index (κ3) is 5.06. The second-order valence-electron chi connectivity index (χ2n) is 8.79. The molecular formula is C27H34N2. The number of nitrogens with one attached hydrogen (secondary N) is 1. The average molecular weight is 387 g/mol. The Labute approximate surface area is 176 Å². The van der Waals surface area contributed by atoms with Crippen LogP contribution in [0.25, 0.3) is 0 Å². The fraction of sp³-hybridized carbons (Fsp3) is 0.370. The highest BCUT2D eigenvalue weighted by molar-refractivity contribution is 6.02. The van der Waals surface area contributed by atoms with Gasteiger partial charge in [-0.15, -0.1) is 0 Å². The number of hydrogen-bond acceptors (Lipinski definition) is 2. The van der Waals surface area contributed by atoms with Crippen LogP contribution in [0.3, 0.4) is 0 Å². The van der Waals surface area contributed by atoms with E-state index in [1.165, 1.54) is 33.4 Å². The number of benzene rings is 2. The van der Waals surface area contributed by atoms with Gasteiger partial charge in [-0.1, -0.05) is 99.0 Å². The molecular weight excluding hydrogens is 352 g/mol. The summed E-state index contributed by atoms with van der Waals surface area (Å²) in [5, 5.41) is 4.98. The molecule has 1 aliphatic rings. The molecule has 152 valence electrons. The van der Waals surface area contributed by atoms with Crippen LogP contribution in [-0.4, -0.2) is 5.71 Å². The molecule has 0 amide bonds. The second kappa shape index (κ2) is 9.26. The Morgan fingerprint density at radius 1 is 0.897 bits per heavy atom. The number of nitrogens with zero attached hydrogens (tertiary/aromatic N) is 1. The summed E-state index contributed by atoms with van der Waals surface area (Å²) in [6, 6.07) is 17.1. The first-order chi connectivity index (χ1) is 13.9. The Kier molecular flexibility index (Phi) is 6.74. The summed E-state index contributed by atoms with van der Waals surface area (Å²) in [5.41, 5.74) is 13.9. The summed E-state index contributed by atoms with van der Waals surface area (Å²) < 4.78 is 0. The van der Waals surface area contributed by atoms with Crippen LogP contribution in [0.5, 0.6) is 0 Å². The van der Waals surface area contributed by atoms with Crippen molar-refractivity contribution in [1.29, 1.82) is 0 Å². The lowest BCUT2D eigenvalue weighted by molar-refractivity contribution is 0.835. The second-order valence-corrected chi connectivity index (χ2v) is 8.79. The topological polar surface area (TPSA) is 24.4 Å². The molecule has 0 aliphatic heterocycles. The standard InChI is InChI=1S/C27H34N2/c1-18(2)24-13-10-14-25(19(3)4)27(24)29-28-26(22-11-8-7-9-12-22)17-23-16-20(5)15-21(23)6/h7-15,18-19,29H,16-17H2,1-6H3. The first-order valence-corrected chi connectivity index (χ1v) is 10.7. The minimum atomic E-state index is 0.443. The van der Waals surface area contributed by atoms with E-state index >= 15 is 0 Å². The molecule has 0 saturated carbocycles. The Morgan fingerprint density at radius 3 is 2.03 bits per heavy atom. The normalized spacial score (nSPS) is 14.8. The predicted molar refractivity (Wildman–Crippen MR) is 127 cm³/mol. The van der Waals surface area contributed by atoms with Crippen LogP contribution in [0.2, 0.25) is 0 Å². The maximum Gasteiger partial charge on any atom is 0.0720 e. The monoisotopic (exact) mass is 386 g/mol. The van der Waals surface area contributed by atoms with Gasteiger partial charge in [0.15, 0.2) is 0 Å². The lowest BCUT2D eigenvalue weighted by Crippen LogP contribution is -2.09. The highest BCUT2D eigenvalue weighted by atomic mass is 15.3. The van der Waals surface area contributed by atoms with E-state index in [2.05, 4.69) is 102 Å². The molecule has 0 heterocycles. The molecule has 2 nitrogen and oxygen atoms in total. The van der Waals surface area contributed by atoms with Crippen molar-refractivity contribution in [2.75, 3.05) is 5.43 Å². The van der Waals surface area contributed by atoms with Gasteiger partial charge >= 0.3 is 0 Å². The van der Waals surface area contributed by atoms with Crippen molar-refractivity contribution >= 4 is 11.4 Å². The van der Waals surface area contributed by atoms with Crippen LogP contribution in [0.1, 0.15) is 82.9 Å². The summed E-state index contributed by atoms with van der Waals surface area (Å²) in [6.07, 6.45) is 4.23. The van der Waals surface area contributed by atoms with Crippen molar-refractivity contribution in [2.24, 2.45) is 5.10 Å².